The molecule has 1 fully saturated rings. The van der Waals surface area contributed by atoms with Crippen LogP contribution in [-0.2, 0) is 0 Å². The van der Waals surface area contributed by atoms with Gasteiger partial charge in [-0.2, -0.15) is 0 Å². The van der Waals surface area contributed by atoms with Crippen molar-refractivity contribution in [2.24, 2.45) is 0 Å². The van der Waals surface area contributed by atoms with Gasteiger partial charge in [-0.05, 0) is 33.9 Å². The Morgan fingerprint density at radius 1 is 1.43 bits per heavy atom. The number of halogens is 2. The van der Waals surface area contributed by atoms with E-state index in [4.69, 9.17) is 0 Å². The van der Waals surface area contributed by atoms with Crippen molar-refractivity contribution in [1.29, 1.82) is 0 Å². The molecule has 14 heavy (non-hydrogen) atoms. The summed E-state index contributed by atoms with van der Waals surface area (Å²) in [5.74, 6) is -2.48. The lowest BCUT2D eigenvalue weighted by molar-refractivity contribution is -0.0679. The molecule has 0 aliphatic carbocycles. The third kappa shape index (κ3) is 3.50. The standard InChI is InChI=1S/C10H20F2N2/c1-9(2,13-3)7-14-6-4-5-10(11,12)8-14/h13H,4-8H2,1-3H3. The lowest BCUT2D eigenvalue weighted by atomic mass is 10.0. The van der Waals surface area contributed by atoms with E-state index in [2.05, 4.69) is 5.32 Å². The zero-order valence-electron chi connectivity index (χ0n) is 9.24. The lowest BCUT2D eigenvalue weighted by Gasteiger charge is -2.37. The Balaban J connectivity index is 2.46. The average Bonchev–Trinajstić information content (AvgIpc) is 2.01. The molecule has 0 aromatic heterocycles. The number of hydrogen-bond acceptors (Lipinski definition) is 2. The van der Waals surface area contributed by atoms with Crippen LogP contribution < -0.4 is 5.32 Å². The number of rotatable bonds is 3. The van der Waals surface area contributed by atoms with Crippen LogP contribution in [0.15, 0.2) is 0 Å². The van der Waals surface area contributed by atoms with E-state index >= 15 is 0 Å². The van der Waals surface area contributed by atoms with Crippen LogP contribution in [0.1, 0.15) is 26.7 Å². The van der Waals surface area contributed by atoms with Crippen molar-refractivity contribution >= 4 is 0 Å². The Labute approximate surface area is 84.7 Å². The van der Waals surface area contributed by atoms with Crippen LogP contribution in [0.2, 0.25) is 0 Å². The van der Waals surface area contributed by atoms with Crippen molar-refractivity contribution in [3.05, 3.63) is 0 Å². The number of piperidine rings is 1. The normalized spacial score (nSPS) is 23.8. The van der Waals surface area contributed by atoms with E-state index in [1.54, 1.807) is 0 Å². The summed E-state index contributed by atoms with van der Waals surface area (Å²) < 4.78 is 26.1. The van der Waals surface area contributed by atoms with E-state index in [-0.39, 0.29) is 18.5 Å². The SMILES string of the molecule is CNC(C)(C)CN1CCCC(F)(F)C1. The topological polar surface area (TPSA) is 15.3 Å². The Bertz CT molecular complexity index is 193. The minimum Gasteiger partial charge on any atom is -0.314 e. The van der Waals surface area contributed by atoms with E-state index in [1.165, 1.54) is 0 Å². The van der Waals surface area contributed by atoms with Gasteiger partial charge in [0, 0.05) is 18.5 Å². The second-order valence-corrected chi connectivity index (χ2v) is 4.80. The second kappa shape index (κ2) is 4.11. The molecule has 1 saturated heterocycles. The van der Waals surface area contributed by atoms with Crippen molar-refractivity contribution in [3.63, 3.8) is 0 Å². The summed E-state index contributed by atoms with van der Waals surface area (Å²) in [6.45, 7) is 5.44. The van der Waals surface area contributed by atoms with E-state index in [0.717, 1.165) is 6.54 Å². The van der Waals surface area contributed by atoms with E-state index in [9.17, 15) is 8.78 Å². The zero-order valence-corrected chi connectivity index (χ0v) is 9.24. The van der Waals surface area contributed by atoms with Crippen LogP contribution in [0.4, 0.5) is 8.78 Å². The monoisotopic (exact) mass is 206 g/mol. The smallest absolute Gasteiger partial charge is 0.260 e. The molecule has 0 saturated carbocycles. The fraction of sp³-hybridized carbons (Fsp3) is 1.00. The van der Waals surface area contributed by atoms with Gasteiger partial charge in [-0.25, -0.2) is 8.78 Å². The molecule has 0 unspecified atom stereocenters. The average molecular weight is 206 g/mol. The first kappa shape index (κ1) is 11.9. The quantitative estimate of drug-likeness (QED) is 0.756. The molecule has 1 aliphatic heterocycles. The molecular weight excluding hydrogens is 186 g/mol. The zero-order chi connectivity index (χ0) is 10.8. The summed E-state index contributed by atoms with van der Waals surface area (Å²) in [5, 5.41) is 3.13. The maximum Gasteiger partial charge on any atom is 0.260 e. The Hall–Kier alpha value is -0.220. The number of hydrogen-bond donors (Lipinski definition) is 1. The van der Waals surface area contributed by atoms with Crippen LogP contribution >= 0.6 is 0 Å². The van der Waals surface area contributed by atoms with E-state index in [0.29, 0.717) is 13.0 Å². The van der Waals surface area contributed by atoms with Crippen molar-refractivity contribution in [1.82, 2.24) is 10.2 Å². The first-order valence-electron chi connectivity index (χ1n) is 5.14. The van der Waals surface area contributed by atoms with Gasteiger partial charge in [0.05, 0.1) is 6.54 Å². The number of nitrogens with zero attached hydrogens (tertiary/aromatic N) is 1. The predicted octanol–water partition coefficient (Wildman–Crippen LogP) is 1.72. The summed E-state index contributed by atoms with van der Waals surface area (Å²) in [4.78, 5) is 1.85. The molecule has 1 N–H and O–H groups in total. The fourth-order valence-corrected chi connectivity index (χ4v) is 1.82. The molecule has 2 nitrogen and oxygen atoms in total. The van der Waals surface area contributed by atoms with Crippen LogP contribution in [0.3, 0.4) is 0 Å². The Morgan fingerprint density at radius 3 is 2.57 bits per heavy atom. The molecule has 1 aliphatic rings. The highest BCUT2D eigenvalue weighted by atomic mass is 19.3. The molecule has 0 spiro atoms. The minimum absolute atomic E-state index is 0.0451. The molecule has 4 heteroatoms. The summed E-state index contributed by atoms with van der Waals surface area (Å²) in [6.07, 6.45) is 0.649. The first-order chi connectivity index (χ1) is 6.35. The van der Waals surface area contributed by atoms with Crippen LogP contribution in [0, 0.1) is 0 Å². The van der Waals surface area contributed by atoms with Gasteiger partial charge in [-0.15, -0.1) is 0 Å². The van der Waals surface area contributed by atoms with Gasteiger partial charge in [0.2, 0.25) is 0 Å². The molecule has 1 rings (SSSR count). The van der Waals surface area contributed by atoms with Gasteiger partial charge >= 0.3 is 0 Å². The minimum atomic E-state index is -2.48. The third-order valence-electron chi connectivity index (χ3n) is 2.77. The summed E-state index contributed by atoms with van der Waals surface area (Å²) in [5.41, 5.74) is -0.0899. The highest BCUT2D eigenvalue weighted by molar-refractivity contribution is 4.85. The maximum atomic E-state index is 13.1. The molecule has 0 atom stereocenters. The largest absolute Gasteiger partial charge is 0.314 e. The van der Waals surface area contributed by atoms with Crippen molar-refractivity contribution in [3.8, 4) is 0 Å². The van der Waals surface area contributed by atoms with Crippen molar-refractivity contribution in [2.75, 3.05) is 26.7 Å². The highest BCUT2D eigenvalue weighted by Crippen LogP contribution is 2.27. The summed E-state index contributed by atoms with van der Waals surface area (Å²) >= 11 is 0. The predicted molar refractivity (Wildman–Crippen MR) is 53.8 cm³/mol. The Morgan fingerprint density at radius 2 is 2.07 bits per heavy atom. The highest BCUT2D eigenvalue weighted by Gasteiger charge is 2.36. The fourth-order valence-electron chi connectivity index (χ4n) is 1.82. The maximum absolute atomic E-state index is 13.1. The summed E-state index contributed by atoms with van der Waals surface area (Å²) in [6, 6.07) is 0. The van der Waals surface area contributed by atoms with Gasteiger partial charge in [-0.1, -0.05) is 0 Å². The van der Waals surface area contributed by atoms with Gasteiger partial charge in [0.25, 0.3) is 5.92 Å². The van der Waals surface area contributed by atoms with Gasteiger partial charge in [-0.3, -0.25) is 4.90 Å². The molecule has 0 aromatic carbocycles. The molecule has 0 amide bonds. The number of likely N-dealkylation sites (N-methyl/N-ethyl adjacent to an activating group) is 1. The summed E-state index contributed by atoms with van der Waals surface area (Å²) in [7, 11) is 1.86. The number of alkyl halides is 2. The van der Waals surface area contributed by atoms with E-state index < -0.39 is 5.92 Å². The number of nitrogens with one attached hydrogen (secondary N) is 1. The van der Waals surface area contributed by atoms with Gasteiger partial charge in [0.15, 0.2) is 0 Å². The van der Waals surface area contributed by atoms with Gasteiger partial charge in [0.1, 0.15) is 0 Å². The molecular formula is C10H20F2N2. The van der Waals surface area contributed by atoms with Crippen molar-refractivity contribution in [2.45, 2.75) is 38.2 Å². The van der Waals surface area contributed by atoms with Crippen LogP contribution in [0.5, 0.6) is 0 Å². The molecule has 0 bridgehead atoms. The lowest BCUT2D eigenvalue weighted by Crippen LogP contribution is -2.52. The van der Waals surface area contributed by atoms with E-state index in [1.807, 2.05) is 25.8 Å². The van der Waals surface area contributed by atoms with Gasteiger partial charge < -0.3 is 5.32 Å². The van der Waals surface area contributed by atoms with Crippen LogP contribution in [-0.4, -0.2) is 43.0 Å². The molecule has 0 aromatic rings. The number of likely N-dealkylation sites (tertiary alicyclic amines) is 1. The second-order valence-electron chi connectivity index (χ2n) is 4.80. The first-order valence-corrected chi connectivity index (χ1v) is 5.14. The van der Waals surface area contributed by atoms with Crippen LogP contribution in [0.25, 0.3) is 0 Å². The Kier molecular flexibility index (Phi) is 3.48. The third-order valence-corrected chi connectivity index (χ3v) is 2.77. The van der Waals surface area contributed by atoms with Crippen molar-refractivity contribution < 1.29 is 8.78 Å². The molecule has 0 radical (unpaired) electrons. The molecule has 84 valence electrons. The molecule has 1 heterocycles.